The van der Waals surface area contributed by atoms with E-state index < -0.39 is 10.0 Å². The van der Waals surface area contributed by atoms with Crippen molar-refractivity contribution in [1.82, 2.24) is 10.2 Å². The molecule has 1 heterocycles. The molecule has 1 aromatic carbocycles. The van der Waals surface area contributed by atoms with E-state index in [1.54, 1.807) is 32.0 Å². The van der Waals surface area contributed by atoms with Gasteiger partial charge in [0.15, 0.2) is 5.78 Å². The second-order valence-electron chi connectivity index (χ2n) is 6.98. The number of Topliss-reactive ketones (excluding diaryl/α,β-unsaturated/α-hetero) is 1. The van der Waals surface area contributed by atoms with Gasteiger partial charge in [-0.1, -0.05) is 19.3 Å². The van der Waals surface area contributed by atoms with Crippen molar-refractivity contribution in [2.75, 3.05) is 11.8 Å². The Morgan fingerprint density at radius 1 is 1.22 bits per heavy atom. The summed E-state index contributed by atoms with van der Waals surface area (Å²) in [5, 5.41) is 6.62. The van der Waals surface area contributed by atoms with Crippen LogP contribution in [0.5, 0.6) is 5.75 Å². The number of carbonyl (C=O) groups is 1. The molecule has 7 nitrogen and oxygen atoms in total. The van der Waals surface area contributed by atoms with Crippen LogP contribution in [0.1, 0.15) is 53.8 Å². The predicted molar refractivity (Wildman–Crippen MR) is 103 cm³/mol. The molecule has 0 bridgehead atoms. The maximum absolute atomic E-state index is 12.8. The third-order valence-electron chi connectivity index (χ3n) is 5.03. The van der Waals surface area contributed by atoms with E-state index in [0.29, 0.717) is 22.7 Å². The fraction of sp³-hybridized carbons (Fsp3) is 0.474. The standard InChI is InChI=1S/C19H25N3O4S/c1-12-19(13(2)21-20-12)27(24,25)22-16-11-15(9-10-17(16)26-3)18(23)14-7-5-4-6-8-14/h9-11,14,22H,4-8H2,1-3H3,(H,20,21). The number of nitrogens with one attached hydrogen (secondary N) is 2. The summed E-state index contributed by atoms with van der Waals surface area (Å²) < 4.78 is 33.5. The summed E-state index contributed by atoms with van der Waals surface area (Å²) in [7, 11) is -2.40. The molecule has 1 aliphatic carbocycles. The zero-order valence-corrected chi connectivity index (χ0v) is 16.6. The maximum atomic E-state index is 12.8. The summed E-state index contributed by atoms with van der Waals surface area (Å²) in [5.41, 5.74) is 1.59. The number of carbonyl (C=O) groups excluding carboxylic acids is 1. The Morgan fingerprint density at radius 2 is 1.93 bits per heavy atom. The Kier molecular flexibility index (Phi) is 5.55. The number of H-pyrrole nitrogens is 1. The smallest absolute Gasteiger partial charge is 0.265 e. The van der Waals surface area contributed by atoms with Crippen LogP contribution in [0.3, 0.4) is 0 Å². The van der Waals surface area contributed by atoms with E-state index in [1.807, 2.05) is 0 Å². The number of aromatic amines is 1. The highest BCUT2D eigenvalue weighted by atomic mass is 32.2. The minimum absolute atomic E-state index is 0.00923. The molecule has 2 aromatic rings. The monoisotopic (exact) mass is 391 g/mol. The fourth-order valence-electron chi connectivity index (χ4n) is 3.67. The number of methoxy groups -OCH3 is 1. The molecule has 0 aliphatic heterocycles. The second-order valence-corrected chi connectivity index (χ2v) is 8.60. The summed E-state index contributed by atoms with van der Waals surface area (Å²) in [6.45, 7) is 3.27. The molecule has 0 atom stereocenters. The molecule has 146 valence electrons. The first kappa shape index (κ1) is 19.4. The number of ketones is 1. The van der Waals surface area contributed by atoms with Crippen LogP contribution in [0, 0.1) is 19.8 Å². The van der Waals surface area contributed by atoms with Crippen molar-refractivity contribution in [2.24, 2.45) is 5.92 Å². The summed E-state index contributed by atoms with van der Waals surface area (Å²) in [4.78, 5) is 12.9. The number of ether oxygens (including phenoxy) is 1. The number of aryl methyl sites for hydroxylation is 2. The number of hydrogen-bond acceptors (Lipinski definition) is 5. The summed E-state index contributed by atoms with van der Waals surface area (Å²) in [6, 6.07) is 4.89. The normalized spacial score (nSPS) is 15.5. The van der Waals surface area contributed by atoms with E-state index in [9.17, 15) is 13.2 Å². The fourth-order valence-corrected chi connectivity index (χ4v) is 5.11. The van der Waals surface area contributed by atoms with Gasteiger partial charge in [0.2, 0.25) is 0 Å². The van der Waals surface area contributed by atoms with Gasteiger partial charge >= 0.3 is 0 Å². The molecule has 2 N–H and O–H groups in total. The second kappa shape index (κ2) is 7.72. The van der Waals surface area contributed by atoms with Crippen LogP contribution in [0.4, 0.5) is 5.69 Å². The topological polar surface area (TPSA) is 101 Å². The molecule has 0 unspecified atom stereocenters. The maximum Gasteiger partial charge on any atom is 0.265 e. The van der Waals surface area contributed by atoms with Crippen LogP contribution in [0.15, 0.2) is 23.1 Å². The quantitative estimate of drug-likeness (QED) is 0.733. The molecule has 1 fully saturated rings. The molecule has 1 aromatic heterocycles. The van der Waals surface area contributed by atoms with Gasteiger partial charge in [0.05, 0.1) is 24.2 Å². The van der Waals surface area contributed by atoms with Gasteiger partial charge in [-0.05, 0) is 44.9 Å². The van der Waals surface area contributed by atoms with Gasteiger partial charge in [0.25, 0.3) is 10.0 Å². The van der Waals surface area contributed by atoms with Gasteiger partial charge in [0, 0.05) is 11.5 Å². The minimum atomic E-state index is -3.87. The van der Waals surface area contributed by atoms with Crippen molar-refractivity contribution in [1.29, 1.82) is 0 Å². The Bertz CT molecular complexity index is 924. The molecule has 27 heavy (non-hydrogen) atoms. The van der Waals surface area contributed by atoms with Gasteiger partial charge in [-0.3, -0.25) is 14.6 Å². The van der Waals surface area contributed by atoms with E-state index in [0.717, 1.165) is 25.7 Å². The molecule has 0 spiro atoms. The SMILES string of the molecule is COc1ccc(C(=O)C2CCCCC2)cc1NS(=O)(=O)c1c(C)n[nH]c1C. The lowest BCUT2D eigenvalue weighted by atomic mass is 9.84. The lowest BCUT2D eigenvalue weighted by molar-refractivity contribution is 0.0889. The molecule has 0 saturated heterocycles. The van der Waals surface area contributed by atoms with Crippen molar-refractivity contribution in [3.63, 3.8) is 0 Å². The van der Waals surface area contributed by atoms with Crippen LogP contribution < -0.4 is 9.46 Å². The Morgan fingerprint density at radius 3 is 2.52 bits per heavy atom. The molecule has 8 heteroatoms. The van der Waals surface area contributed by atoms with Crippen molar-refractivity contribution in [3.8, 4) is 5.75 Å². The Hall–Kier alpha value is -2.35. The lowest BCUT2D eigenvalue weighted by Crippen LogP contribution is -2.19. The molecular formula is C19H25N3O4S. The highest BCUT2D eigenvalue weighted by Gasteiger charge is 2.26. The van der Waals surface area contributed by atoms with Crippen molar-refractivity contribution in [2.45, 2.75) is 50.8 Å². The number of rotatable bonds is 6. The number of nitrogens with zero attached hydrogens (tertiary/aromatic N) is 1. The lowest BCUT2D eigenvalue weighted by Gasteiger charge is -2.21. The highest BCUT2D eigenvalue weighted by molar-refractivity contribution is 7.92. The van der Waals surface area contributed by atoms with E-state index in [4.69, 9.17) is 4.74 Å². The van der Waals surface area contributed by atoms with Crippen LogP contribution >= 0.6 is 0 Å². The van der Waals surface area contributed by atoms with Gasteiger partial charge < -0.3 is 4.74 Å². The number of hydrogen-bond donors (Lipinski definition) is 2. The van der Waals surface area contributed by atoms with Gasteiger partial charge in [-0.25, -0.2) is 8.42 Å². The molecule has 0 radical (unpaired) electrons. The number of anilines is 1. The van der Waals surface area contributed by atoms with Crippen LogP contribution in [0.25, 0.3) is 0 Å². The average molecular weight is 391 g/mol. The summed E-state index contributed by atoms with van der Waals surface area (Å²) >= 11 is 0. The van der Waals surface area contributed by atoms with Crippen LogP contribution in [-0.4, -0.2) is 31.5 Å². The molecule has 1 aliphatic rings. The summed E-state index contributed by atoms with van der Waals surface area (Å²) in [6.07, 6.45) is 5.07. The molecule has 3 rings (SSSR count). The highest BCUT2D eigenvalue weighted by Crippen LogP contribution is 2.32. The van der Waals surface area contributed by atoms with Gasteiger partial charge in [0.1, 0.15) is 10.6 Å². The molecule has 0 amide bonds. The third kappa shape index (κ3) is 4.00. The Labute approximate surface area is 159 Å². The zero-order chi connectivity index (χ0) is 19.6. The molecule has 1 saturated carbocycles. The first-order valence-corrected chi connectivity index (χ1v) is 10.6. The molecular weight excluding hydrogens is 366 g/mol. The van der Waals surface area contributed by atoms with Crippen LogP contribution in [-0.2, 0) is 10.0 Å². The Balaban J connectivity index is 1.93. The number of sulfonamides is 1. The van der Waals surface area contributed by atoms with Crippen molar-refractivity contribution >= 4 is 21.5 Å². The summed E-state index contributed by atoms with van der Waals surface area (Å²) in [5.74, 6) is 0.431. The van der Waals surface area contributed by atoms with Gasteiger partial charge in [-0.15, -0.1) is 0 Å². The third-order valence-corrected chi connectivity index (χ3v) is 6.66. The average Bonchev–Trinajstić information content (AvgIpc) is 3.00. The van der Waals surface area contributed by atoms with E-state index in [-0.39, 0.29) is 22.3 Å². The number of aromatic nitrogens is 2. The van der Waals surface area contributed by atoms with E-state index in [1.165, 1.54) is 13.5 Å². The first-order chi connectivity index (χ1) is 12.8. The zero-order valence-electron chi connectivity index (χ0n) is 15.8. The largest absolute Gasteiger partial charge is 0.495 e. The minimum Gasteiger partial charge on any atom is -0.495 e. The van der Waals surface area contributed by atoms with Gasteiger partial charge in [-0.2, -0.15) is 5.10 Å². The van der Waals surface area contributed by atoms with Crippen molar-refractivity contribution < 1.29 is 17.9 Å². The van der Waals surface area contributed by atoms with Crippen LogP contribution in [0.2, 0.25) is 0 Å². The van der Waals surface area contributed by atoms with E-state index >= 15 is 0 Å². The first-order valence-electron chi connectivity index (χ1n) is 9.10. The van der Waals surface area contributed by atoms with E-state index in [2.05, 4.69) is 14.9 Å². The predicted octanol–water partition coefficient (Wildman–Crippen LogP) is 3.60. The number of benzene rings is 1. The van der Waals surface area contributed by atoms with Crippen molar-refractivity contribution in [3.05, 3.63) is 35.2 Å².